The van der Waals surface area contributed by atoms with Crippen LogP contribution in [0.1, 0.15) is 50.9 Å². The standard InChI is InChI=1S/C15H23BrN2O2/c1-4-11-6-7-15(8-11,14(19)20)9-12-13(16)10(3)17-18(12)5-2/h11H,4-9H2,1-3H3,(H,19,20). The Bertz CT molecular complexity index is 512. The first-order valence-electron chi connectivity index (χ1n) is 7.38. The molecule has 0 spiro atoms. The van der Waals surface area contributed by atoms with Crippen LogP contribution in [-0.2, 0) is 17.8 Å². The molecule has 5 heteroatoms. The van der Waals surface area contributed by atoms with E-state index in [1.807, 2.05) is 18.5 Å². The van der Waals surface area contributed by atoms with Gasteiger partial charge in [-0.3, -0.25) is 9.48 Å². The Morgan fingerprint density at radius 1 is 1.55 bits per heavy atom. The molecule has 20 heavy (non-hydrogen) atoms. The quantitative estimate of drug-likeness (QED) is 0.885. The van der Waals surface area contributed by atoms with E-state index in [1.165, 1.54) is 0 Å². The summed E-state index contributed by atoms with van der Waals surface area (Å²) in [6.07, 6.45) is 4.25. The second kappa shape index (κ2) is 5.88. The van der Waals surface area contributed by atoms with Crippen molar-refractivity contribution in [1.29, 1.82) is 0 Å². The van der Waals surface area contributed by atoms with E-state index in [4.69, 9.17) is 0 Å². The molecule has 0 aliphatic heterocycles. The number of aromatic nitrogens is 2. The number of halogens is 1. The first kappa shape index (κ1) is 15.5. The van der Waals surface area contributed by atoms with E-state index >= 15 is 0 Å². The molecule has 112 valence electrons. The van der Waals surface area contributed by atoms with Crippen LogP contribution >= 0.6 is 15.9 Å². The van der Waals surface area contributed by atoms with Crippen LogP contribution < -0.4 is 0 Å². The molecule has 0 saturated heterocycles. The number of aryl methyl sites for hydroxylation is 2. The molecular formula is C15H23BrN2O2. The fourth-order valence-corrected chi connectivity index (χ4v) is 3.80. The van der Waals surface area contributed by atoms with Crippen molar-refractivity contribution in [2.75, 3.05) is 0 Å². The zero-order valence-corrected chi connectivity index (χ0v) is 14.0. The van der Waals surface area contributed by atoms with Crippen molar-refractivity contribution in [1.82, 2.24) is 9.78 Å². The lowest BCUT2D eigenvalue weighted by molar-refractivity contribution is -0.148. The molecule has 1 N–H and O–H groups in total. The van der Waals surface area contributed by atoms with Crippen LogP contribution in [0.15, 0.2) is 4.47 Å². The molecule has 1 aliphatic carbocycles. The number of carboxylic acids is 1. The summed E-state index contributed by atoms with van der Waals surface area (Å²) in [5.41, 5.74) is 1.36. The van der Waals surface area contributed by atoms with Crippen LogP contribution in [0.25, 0.3) is 0 Å². The molecule has 1 fully saturated rings. The Morgan fingerprint density at radius 2 is 2.25 bits per heavy atom. The molecule has 2 rings (SSSR count). The molecule has 0 amide bonds. The van der Waals surface area contributed by atoms with Crippen molar-refractivity contribution >= 4 is 21.9 Å². The van der Waals surface area contributed by atoms with Gasteiger partial charge in [0.1, 0.15) is 0 Å². The van der Waals surface area contributed by atoms with E-state index < -0.39 is 11.4 Å². The number of nitrogens with zero attached hydrogens (tertiary/aromatic N) is 2. The van der Waals surface area contributed by atoms with E-state index in [2.05, 4.69) is 28.0 Å². The predicted octanol–water partition coefficient (Wildman–Crippen LogP) is 3.80. The van der Waals surface area contributed by atoms with Crippen LogP contribution in [0.2, 0.25) is 0 Å². The van der Waals surface area contributed by atoms with Crippen molar-refractivity contribution in [3.05, 3.63) is 15.9 Å². The highest BCUT2D eigenvalue weighted by Crippen LogP contribution is 2.46. The summed E-state index contributed by atoms with van der Waals surface area (Å²) in [4.78, 5) is 11.9. The maximum atomic E-state index is 11.9. The molecule has 4 nitrogen and oxygen atoms in total. The topological polar surface area (TPSA) is 55.1 Å². The molecular weight excluding hydrogens is 320 g/mol. The number of hydrogen-bond acceptors (Lipinski definition) is 2. The lowest BCUT2D eigenvalue weighted by Crippen LogP contribution is -2.32. The van der Waals surface area contributed by atoms with Crippen LogP contribution in [0.3, 0.4) is 0 Å². The van der Waals surface area contributed by atoms with Gasteiger partial charge >= 0.3 is 5.97 Å². The lowest BCUT2D eigenvalue weighted by Gasteiger charge is -2.25. The van der Waals surface area contributed by atoms with Gasteiger partial charge in [-0.25, -0.2) is 0 Å². The van der Waals surface area contributed by atoms with Crippen LogP contribution in [0.4, 0.5) is 0 Å². The second-order valence-corrected chi connectivity index (χ2v) is 6.73. The third-order valence-electron chi connectivity index (χ3n) is 4.70. The van der Waals surface area contributed by atoms with Gasteiger partial charge in [0.2, 0.25) is 0 Å². The number of carbonyl (C=O) groups is 1. The van der Waals surface area contributed by atoms with Gasteiger partial charge in [0.15, 0.2) is 0 Å². The molecule has 1 aromatic rings. The number of aliphatic carboxylic acids is 1. The molecule has 0 radical (unpaired) electrons. The summed E-state index contributed by atoms with van der Waals surface area (Å²) in [5.74, 6) is -0.106. The Balaban J connectivity index is 2.33. The number of carboxylic acid groups (broad SMARTS) is 1. The minimum atomic E-state index is -0.651. The number of rotatable bonds is 5. The molecule has 0 bridgehead atoms. The third-order valence-corrected chi connectivity index (χ3v) is 5.73. The minimum Gasteiger partial charge on any atom is -0.481 e. The van der Waals surface area contributed by atoms with Crippen LogP contribution in [-0.4, -0.2) is 20.9 Å². The van der Waals surface area contributed by atoms with Crippen LogP contribution in [0, 0.1) is 18.3 Å². The SMILES string of the molecule is CCC1CCC(Cc2c(Br)c(C)nn2CC)(C(=O)O)C1. The Hall–Kier alpha value is -0.840. The first-order chi connectivity index (χ1) is 9.43. The van der Waals surface area contributed by atoms with Gasteiger partial charge < -0.3 is 5.11 Å². The molecule has 0 aromatic carbocycles. The van der Waals surface area contributed by atoms with Crippen molar-refractivity contribution in [2.45, 2.75) is 59.4 Å². The highest BCUT2D eigenvalue weighted by Gasteiger charge is 2.46. The number of hydrogen-bond donors (Lipinski definition) is 1. The van der Waals surface area contributed by atoms with E-state index in [1.54, 1.807) is 0 Å². The largest absolute Gasteiger partial charge is 0.481 e. The molecule has 1 heterocycles. The fourth-order valence-electron chi connectivity index (χ4n) is 3.37. The minimum absolute atomic E-state index is 0.545. The summed E-state index contributed by atoms with van der Waals surface area (Å²) in [5, 5.41) is 14.2. The summed E-state index contributed by atoms with van der Waals surface area (Å²) in [6, 6.07) is 0. The van der Waals surface area contributed by atoms with Gasteiger partial charge in [0.25, 0.3) is 0 Å². The smallest absolute Gasteiger partial charge is 0.310 e. The molecule has 1 saturated carbocycles. The van der Waals surface area contributed by atoms with Gasteiger partial charge in [0, 0.05) is 13.0 Å². The normalized spacial score (nSPS) is 26.1. The van der Waals surface area contributed by atoms with E-state index in [-0.39, 0.29) is 0 Å². The zero-order chi connectivity index (χ0) is 14.9. The van der Waals surface area contributed by atoms with Gasteiger partial charge in [-0.1, -0.05) is 13.3 Å². The fraction of sp³-hybridized carbons (Fsp3) is 0.733. The zero-order valence-electron chi connectivity index (χ0n) is 12.4. The van der Waals surface area contributed by atoms with Crippen molar-refractivity contribution in [3.8, 4) is 0 Å². The van der Waals surface area contributed by atoms with E-state index in [0.717, 1.165) is 48.1 Å². The molecule has 1 aliphatic rings. The second-order valence-electron chi connectivity index (χ2n) is 5.94. The summed E-state index contributed by atoms with van der Waals surface area (Å²) in [7, 11) is 0. The monoisotopic (exact) mass is 342 g/mol. The van der Waals surface area contributed by atoms with Gasteiger partial charge in [0.05, 0.1) is 21.3 Å². The Kier molecular flexibility index (Phi) is 4.57. The summed E-state index contributed by atoms with van der Waals surface area (Å²) < 4.78 is 2.91. The van der Waals surface area contributed by atoms with Gasteiger partial charge in [-0.2, -0.15) is 5.10 Å². The van der Waals surface area contributed by atoms with E-state index in [0.29, 0.717) is 12.3 Å². The van der Waals surface area contributed by atoms with Crippen LogP contribution in [0.5, 0.6) is 0 Å². The predicted molar refractivity (Wildman–Crippen MR) is 81.7 cm³/mol. The Labute approximate surface area is 128 Å². The average Bonchev–Trinajstić information content (AvgIpc) is 2.96. The average molecular weight is 343 g/mol. The van der Waals surface area contributed by atoms with Crippen molar-refractivity contribution < 1.29 is 9.90 Å². The molecule has 2 atom stereocenters. The highest BCUT2D eigenvalue weighted by atomic mass is 79.9. The van der Waals surface area contributed by atoms with Crippen molar-refractivity contribution in [3.63, 3.8) is 0 Å². The summed E-state index contributed by atoms with van der Waals surface area (Å²) in [6.45, 7) is 6.92. The summed E-state index contributed by atoms with van der Waals surface area (Å²) >= 11 is 3.58. The maximum Gasteiger partial charge on any atom is 0.310 e. The first-order valence-corrected chi connectivity index (χ1v) is 8.18. The van der Waals surface area contributed by atoms with Crippen molar-refractivity contribution in [2.24, 2.45) is 11.3 Å². The third kappa shape index (κ3) is 2.65. The highest BCUT2D eigenvalue weighted by molar-refractivity contribution is 9.10. The van der Waals surface area contributed by atoms with Gasteiger partial charge in [-0.15, -0.1) is 0 Å². The Morgan fingerprint density at radius 3 is 2.75 bits per heavy atom. The molecule has 2 unspecified atom stereocenters. The van der Waals surface area contributed by atoms with E-state index in [9.17, 15) is 9.90 Å². The van der Waals surface area contributed by atoms with Gasteiger partial charge in [-0.05, 0) is 55.0 Å². The lowest BCUT2D eigenvalue weighted by atomic mass is 9.80. The molecule has 1 aromatic heterocycles. The maximum absolute atomic E-state index is 11.9.